The zero-order valence-electron chi connectivity index (χ0n) is 23.8. The van der Waals surface area contributed by atoms with Gasteiger partial charge in [0.2, 0.25) is 11.8 Å². The lowest BCUT2D eigenvalue weighted by atomic mass is 9.89. The number of aryl methyl sites for hydroxylation is 2. The summed E-state index contributed by atoms with van der Waals surface area (Å²) in [7, 11) is 0. The molecule has 8 heteroatoms. The lowest BCUT2D eigenvalue weighted by Gasteiger charge is -2.45. The van der Waals surface area contributed by atoms with E-state index >= 15 is 0 Å². The summed E-state index contributed by atoms with van der Waals surface area (Å²) in [6, 6.07) is 3.51. The first-order chi connectivity index (χ1) is 16.6. The molecule has 1 aromatic carbocycles. The molecular formula is C28H47N3O5. The summed E-state index contributed by atoms with van der Waals surface area (Å²) in [4.78, 5) is 41.9. The summed E-state index contributed by atoms with van der Waals surface area (Å²) >= 11 is 0. The van der Waals surface area contributed by atoms with Crippen LogP contribution in [0.4, 0.5) is 4.79 Å². The molecule has 0 saturated heterocycles. The molecule has 8 nitrogen and oxygen atoms in total. The van der Waals surface area contributed by atoms with Gasteiger partial charge in [-0.3, -0.25) is 9.59 Å². The lowest BCUT2D eigenvalue weighted by Crippen LogP contribution is -2.60. The predicted molar refractivity (Wildman–Crippen MR) is 143 cm³/mol. The summed E-state index contributed by atoms with van der Waals surface area (Å²) < 4.78 is 5.31. The second-order valence-corrected chi connectivity index (χ2v) is 11.2. The summed E-state index contributed by atoms with van der Waals surface area (Å²) in [5.41, 5.74) is 0.995. The van der Waals surface area contributed by atoms with Gasteiger partial charge >= 0.3 is 6.09 Å². The fourth-order valence-electron chi connectivity index (χ4n) is 4.03. The molecule has 0 aliphatic heterocycles. The monoisotopic (exact) mass is 505 g/mol. The molecule has 3 atom stereocenters. The average Bonchev–Trinajstić information content (AvgIpc) is 2.75. The van der Waals surface area contributed by atoms with Gasteiger partial charge in [-0.15, -0.1) is 0 Å². The highest BCUT2D eigenvalue weighted by atomic mass is 16.6. The minimum absolute atomic E-state index is 0.0784. The Morgan fingerprint density at radius 1 is 1.06 bits per heavy atom. The number of nitrogens with zero attached hydrogens (tertiary/aromatic N) is 1. The fourth-order valence-corrected chi connectivity index (χ4v) is 4.03. The van der Waals surface area contributed by atoms with Crippen LogP contribution in [0.15, 0.2) is 18.2 Å². The number of benzene rings is 1. The first kappa shape index (κ1) is 31.4. The van der Waals surface area contributed by atoms with E-state index in [9.17, 15) is 19.5 Å². The van der Waals surface area contributed by atoms with Gasteiger partial charge in [-0.1, -0.05) is 44.0 Å². The molecule has 3 unspecified atom stereocenters. The smallest absolute Gasteiger partial charge is 0.408 e. The number of amides is 3. The Morgan fingerprint density at radius 2 is 1.67 bits per heavy atom. The Balaban J connectivity index is 3.64. The molecule has 0 aliphatic rings. The van der Waals surface area contributed by atoms with Crippen molar-refractivity contribution in [1.29, 1.82) is 0 Å². The highest BCUT2D eigenvalue weighted by Gasteiger charge is 2.43. The zero-order chi connectivity index (χ0) is 27.8. The van der Waals surface area contributed by atoms with Crippen molar-refractivity contribution in [2.75, 3.05) is 6.61 Å². The van der Waals surface area contributed by atoms with Crippen molar-refractivity contribution in [3.8, 4) is 0 Å². The first-order valence-corrected chi connectivity index (χ1v) is 12.9. The number of carbonyl (C=O) groups is 3. The van der Waals surface area contributed by atoms with Gasteiger partial charge in [0.25, 0.3) is 0 Å². The van der Waals surface area contributed by atoms with Crippen molar-refractivity contribution in [3.05, 3.63) is 34.9 Å². The molecule has 3 amide bonds. The normalized spacial score (nSPS) is 14.4. The maximum absolute atomic E-state index is 14.0. The van der Waals surface area contributed by atoms with Crippen LogP contribution >= 0.6 is 0 Å². The fraction of sp³-hybridized carbons (Fsp3) is 0.679. The third kappa shape index (κ3) is 8.80. The molecule has 0 saturated carbocycles. The predicted octanol–water partition coefficient (Wildman–Crippen LogP) is 4.55. The van der Waals surface area contributed by atoms with Crippen LogP contribution in [0.2, 0.25) is 0 Å². The van der Waals surface area contributed by atoms with Crippen molar-refractivity contribution in [2.45, 2.75) is 118 Å². The Morgan fingerprint density at radius 3 is 2.17 bits per heavy atom. The minimum atomic E-state index is -1.28. The topological polar surface area (TPSA) is 108 Å². The van der Waals surface area contributed by atoms with Crippen LogP contribution in [-0.2, 0) is 14.3 Å². The van der Waals surface area contributed by atoms with Gasteiger partial charge < -0.3 is 25.4 Å². The number of aliphatic hydroxyl groups excluding tert-OH is 1. The molecule has 0 aliphatic carbocycles. The molecule has 0 fully saturated rings. The van der Waals surface area contributed by atoms with Crippen LogP contribution in [0.25, 0.3) is 0 Å². The highest BCUT2D eigenvalue weighted by Crippen LogP contribution is 2.34. The Kier molecular flexibility index (Phi) is 11.4. The molecule has 0 spiro atoms. The molecule has 1 rings (SSSR count). The number of nitrogens with one attached hydrogen (secondary N) is 2. The molecule has 1 aromatic rings. The van der Waals surface area contributed by atoms with Gasteiger partial charge in [-0.25, -0.2) is 4.79 Å². The highest BCUT2D eigenvalue weighted by molar-refractivity contribution is 5.93. The van der Waals surface area contributed by atoms with E-state index in [1.165, 1.54) is 4.90 Å². The van der Waals surface area contributed by atoms with E-state index in [0.717, 1.165) is 24.0 Å². The molecular weight excluding hydrogens is 458 g/mol. The van der Waals surface area contributed by atoms with Crippen molar-refractivity contribution in [3.63, 3.8) is 0 Å². The van der Waals surface area contributed by atoms with Gasteiger partial charge in [0.15, 0.2) is 0 Å². The van der Waals surface area contributed by atoms with Crippen LogP contribution in [-0.4, -0.2) is 57.7 Å². The molecule has 3 N–H and O–H groups in total. The molecule has 0 bridgehead atoms. The van der Waals surface area contributed by atoms with Crippen molar-refractivity contribution >= 4 is 17.9 Å². The number of carbonyl (C=O) groups excluding carboxylic acids is 3. The van der Waals surface area contributed by atoms with E-state index in [-0.39, 0.29) is 11.9 Å². The van der Waals surface area contributed by atoms with Crippen molar-refractivity contribution in [2.24, 2.45) is 0 Å². The number of ether oxygens (including phenoxy) is 1. The van der Waals surface area contributed by atoms with E-state index in [1.54, 1.807) is 20.8 Å². The van der Waals surface area contributed by atoms with Crippen LogP contribution in [0.3, 0.4) is 0 Å². The third-order valence-electron chi connectivity index (χ3n) is 6.27. The van der Waals surface area contributed by atoms with Gasteiger partial charge in [0.1, 0.15) is 17.7 Å². The molecule has 0 aromatic heterocycles. The van der Waals surface area contributed by atoms with Gasteiger partial charge in [0.05, 0.1) is 6.61 Å². The van der Waals surface area contributed by atoms with Crippen LogP contribution in [0.5, 0.6) is 0 Å². The van der Waals surface area contributed by atoms with Crippen molar-refractivity contribution < 1.29 is 24.2 Å². The minimum Gasteiger partial charge on any atom is -0.444 e. The maximum atomic E-state index is 14.0. The summed E-state index contributed by atoms with van der Waals surface area (Å²) in [5, 5.41) is 15.7. The molecule has 0 heterocycles. The number of aliphatic hydroxyl groups is 1. The number of rotatable bonds is 11. The molecule has 36 heavy (non-hydrogen) atoms. The van der Waals surface area contributed by atoms with E-state index in [1.807, 2.05) is 59.7 Å². The van der Waals surface area contributed by atoms with Gasteiger partial charge in [0, 0.05) is 11.6 Å². The van der Waals surface area contributed by atoms with Crippen molar-refractivity contribution in [1.82, 2.24) is 15.5 Å². The van der Waals surface area contributed by atoms with E-state index in [0.29, 0.717) is 12.0 Å². The van der Waals surface area contributed by atoms with E-state index in [2.05, 4.69) is 17.6 Å². The quantitative estimate of drug-likeness (QED) is 0.409. The molecule has 0 radical (unpaired) electrons. The average molecular weight is 506 g/mol. The number of hydrogen-bond acceptors (Lipinski definition) is 5. The maximum Gasteiger partial charge on any atom is 0.408 e. The number of alkyl carbamates (subject to hydrolysis) is 1. The standard InChI is InChI=1S/C28H47N3O5/c1-11-13-20(5)29-24(33)23(21-16-18(3)14-15-19(21)4)31(28(9,10)12-2)25(34)22(17-32)30-26(35)36-27(6,7)8/h14-16,20,22-23,32H,11-13,17H2,1-10H3,(H,29,33)(H,30,35). The van der Waals surface area contributed by atoms with Crippen LogP contribution in [0, 0.1) is 13.8 Å². The third-order valence-corrected chi connectivity index (χ3v) is 6.27. The van der Waals surface area contributed by atoms with E-state index < -0.39 is 41.8 Å². The zero-order valence-corrected chi connectivity index (χ0v) is 23.8. The van der Waals surface area contributed by atoms with E-state index in [4.69, 9.17) is 4.74 Å². The summed E-state index contributed by atoms with van der Waals surface area (Å²) in [5.74, 6) is -0.854. The second-order valence-electron chi connectivity index (χ2n) is 11.2. The summed E-state index contributed by atoms with van der Waals surface area (Å²) in [6.45, 7) is 18.1. The SMILES string of the molecule is CCCC(C)NC(=O)C(c1cc(C)ccc1C)N(C(=O)C(CO)NC(=O)OC(C)(C)C)C(C)(C)CC. The second kappa shape index (κ2) is 13.1. The first-order valence-electron chi connectivity index (χ1n) is 12.9. The van der Waals surface area contributed by atoms with Crippen LogP contribution < -0.4 is 10.6 Å². The largest absolute Gasteiger partial charge is 0.444 e. The van der Waals surface area contributed by atoms with Gasteiger partial charge in [-0.2, -0.15) is 0 Å². The lowest BCUT2D eigenvalue weighted by molar-refractivity contribution is -0.150. The Bertz CT molecular complexity index is 907. The number of hydrogen-bond donors (Lipinski definition) is 3. The van der Waals surface area contributed by atoms with Crippen LogP contribution in [0.1, 0.15) is 97.4 Å². The summed E-state index contributed by atoms with van der Waals surface area (Å²) in [6.07, 6.45) is 1.44. The Labute approximate surface area is 217 Å². The Hall–Kier alpha value is -2.61. The van der Waals surface area contributed by atoms with Gasteiger partial charge in [-0.05, 0) is 79.4 Å². The molecule has 204 valence electrons.